The summed E-state index contributed by atoms with van der Waals surface area (Å²) in [6, 6.07) is 64.4. The minimum atomic E-state index is 0.672. The smallest absolute Gasteiger partial charge is 0.160 e. The molecule has 0 amide bonds. The Morgan fingerprint density at radius 2 is 0.714 bits per heavy atom. The van der Waals surface area contributed by atoms with Crippen LogP contribution in [0.25, 0.3) is 90.1 Å². The maximum atomic E-state index is 5.53. The van der Waals surface area contributed by atoms with Crippen molar-refractivity contribution in [1.82, 2.24) is 24.9 Å². The lowest BCUT2D eigenvalue weighted by molar-refractivity contribution is 1.13. The van der Waals surface area contributed by atoms with Gasteiger partial charge in [0.15, 0.2) is 5.82 Å². The lowest BCUT2D eigenvalue weighted by Crippen LogP contribution is -2.01. The van der Waals surface area contributed by atoms with Crippen LogP contribution < -0.4 is 0 Å². The predicted octanol–water partition coefficient (Wildman–Crippen LogP) is 12.6. The minimum Gasteiger partial charge on any atom is -0.258 e. The van der Waals surface area contributed by atoms with Crippen molar-refractivity contribution in [3.63, 3.8) is 0 Å². The summed E-state index contributed by atoms with van der Waals surface area (Å²) in [4.78, 5) is 25.9. The predicted molar refractivity (Wildman–Crippen MR) is 228 cm³/mol. The monoisotopic (exact) mass is 719 g/mol. The van der Waals surface area contributed by atoms with E-state index in [1.165, 1.54) is 0 Å². The molecule has 0 aliphatic heterocycles. The highest BCUT2D eigenvalue weighted by Gasteiger charge is 2.21. The summed E-state index contributed by atoms with van der Waals surface area (Å²) >= 11 is 0. The summed E-state index contributed by atoms with van der Waals surface area (Å²) in [5, 5.41) is 0. The van der Waals surface area contributed by atoms with Gasteiger partial charge in [-0.25, -0.2) is 19.9 Å². The van der Waals surface area contributed by atoms with Crippen LogP contribution in [0.4, 0.5) is 0 Å². The number of aryl methyl sites for hydroxylation is 2. The molecule has 0 radical (unpaired) electrons. The summed E-state index contributed by atoms with van der Waals surface area (Å²) in [5.74, 6) is 0.672. The second-order valence-corrected chi connectivity index (χ2v) is 13.8. The van der Waals surface area contributed by atoms with Gasteiger partial charge in [-0.05, 0) is 37.6 Å². The molecule has 3 heterocycles. The zero-order valence-corrected chi connectivity index (χ0v) is 31.1. The minimum absolute atomic E-state index is 0.672. The Kier molecular flexibility index (Phi) is 9.32. The molecule has 0 N–H and O–H groups in total. The second kappa shape index (κ2) is 15.2. The zero-order chi connectivity index (χ0) is 37.8. The van der Waals surface area contributed by atoms with E-state index in [4.69, 9.17) is 24.9 Å². The highest BCUT2D eigenvalue weighted by atomic mass is 14.9. The molecule has 266 valence electrons. The molecule has 0 fully saturated rings. The van der Waals surface area contributed by atoms with E-state index in [2.05, 4.69) is 110 Å². The van der Waals surface area contributed by atoms with Gasteiger partial charge in [0, 0.05) is 55.9 Å². The standard InChI is InChI=1S/C51H37N5/c1-34-26-31-44(35(2)52-34)36-27-29-40(30-28-36)49-50(56-48(39-20-11-5-12-21-39)47(55-49)38-18-9-4-10-19-38)43-25-15-24-42(32-43)46-33-45(37-16-7-3-8-17-37)53-51(54-46)41-22-13-6-14-23-41/h3-33H,1-2H3. The summed E-state index contributed by atoms with van der Waals surface area (Å²) in [5.41, 5.74) is 16.0. The van der Waals surface area contributed by atoms with Crippen molar-refractivity contribution in [3.8, 4) is 90.1 Å². The van der Waals surface area contributed by atoms with Gasteiger partial charge >= 0.3 is 0 Å². The Morgan fingerprint density at radius 3 is 1.27 bits per heavy atom. The van der Waals surface area contributed by atoms with E-state index >= 15 is 0 Å². The van der Waals surface area contributed by atoms with Crippen molar-refractivity contribution >= 4 is 0 Å². The Labute approximate surface area is 327 Å². The molecule has 5 nitrogen and oxygen atoms in total. The molecule has 0 aliphatic rings. The molecule has 0 saturated heterocycles. The molecule has 0 unspecified atom stereocenters. The van der Waals surface area contributed by atoms with Gasteiger partial charge < -0.3 is 0 Å². The van der Waals surface area contributed by atoms with Crippen LogP contribution in [0.15, 0.2) is 188 Å². The molecule has 6 aromatic carbocycles. The first kappa shape index (κ1) is 34.4. The van der Waals surface area contributed by atoms with Crippen molar-refractivity contribution in [1.29, 1.82) is 0 Å². The van der Waals surface area contributed by atoms with Crippen LogP contribution in [-0.2, 0) is 0 Å². The molecule has 9 aromatic rings. The van der Waals surface area contributed by atoms with Gasteiger partial charge in [0.25, 0.3) is 0 Å². The summed E-state index contributed by atoms with van der Waals surface area (Å²) in [7, 11) is 0. The molecule has 0 spiro atoms. The van der Waals surface area contributed by atoms with Crippen LogP contribution in [0.3, 0.4) is 0 Å². The van der Waals surface area contributed by atoms with Crippen molar-refractivity contribution in [2.24, 2.45) is 0 Å². The average Bonchev–Trinajstić information content (AvgIpc) is 3.27. The first-order valence-electron chi connectivity index (χ1n) is 18.8. The van der Waals surface area contributed by atoms with Gasteiger partial charge in [-0.1, -0.05) is 170 Å². The van der Waals surface area contributed by atoms with Crippen molar-refractivity contribution in [2.75, 3.05) is 0 Å². The van der Waals surface area contributed by atoms with E-state index in [0.717, 1.165) is 95.6 Å². The van der Waals surface area contributed by atoms with Crippen molar-refractivity contribution < 1.29 is 0 Å². The molecule has 0 saturated carbocycles. The summed E-state index contributed by atoms with van der Waals surface area (Å²) in [6.45, 7) is 4.08. The van der Waals surface area contributed by atoms with E-state index in [1.54, 1.807) is 0 Å². The van der Waals surface area contributed by atoms with Crippen LogP contribution in [-0.4, -0.2) is 24.9 Å². The lowest BCUT2D eigenvalue weighted by atomic mass is 9.96. The molecule has 0 bridgehead atoms. The largest absolute Gasteiger partial charge is 0.258 e. The quantitative estimate of drug-likeness (QED) is 0.156. The third kappa shape index (κ3) is 7.02. The Morgan fingerprint density at radius 1 is 0.286 bits per heavy atom. The maximum Gasteiger partial charge on any atom is 0.160 e. The van der Waals surface area contributed by atoms with Gasteiger partial charge in [0.2, 0.25) is 0 Å². The van der Waals surface area contributed by atoms with Crippen LogP contribution >= 0.6 is 0 Å². The fourth-order valence-electron chi connectivity index (χ4n) is 7.13. The third-order valence-corrected chi connectivity index (χ3v) is 9.94. The SMILES string of the molecule is Cc1ccc(-c2ccc(-c3nc(-c4ccccc4)c(-c4ccccc4)nc3-c3cccc(-c4cc(-c5ccccc5)nc(-c5ccccc5)n4)c3)cc2)c(C)n1. The van der Waals surface area contributed by atoms with Crippen molar-refractivity contribution in [3.05, 3.63) is 199 Å². The average molecular weight is 720 g/mol. The van der Waals surface area contributed by atoms with Crippen LogP contribution in [0.2, 0.25) is 0 Å². The van der Waals surface area contributed by atoms with Crippen LogP contribution in [0, 0.1) is 13.8 Å². The van der Waals surface area contributed by atoms with Crippen molar-refractivity contribution in [2.45, 2.75) is 13.8 Å². The number of benzene rings is 6. The summed E-state index contributed by atoms with van der Waals surface area (Å²) in [6.07, 6.45) is 0. The molecular formula is C51H37N5. The Hall–Kier alpha value is -7.37. The third-order valence-electron chi connectivity index (χ3n) is 9.94. The highest BCUT2D eigenvalue weighted by Crippen LogP contribution is 2.39. The van der Waals surface area contributed by atoms with Gasteiger partial charge in [0.05, 0.1) is 34.2 Å². The number of nitrogens with zero attached hydrogens (tertiary/aromatic N) is 5. The molecular weight excluding hydrogens is 683 g/mol. The maximum absolute atomic E-state index is 5.53. The lowest BCUT2D eigenvalue weighted by Gasteiger charge is -2.17. The summed E-state index contributed by atoms with van der Waals surface area (Å²) < 4.78 is 0. The first-order valence-corrected chi connectivity index (χ1v) is 18.8. The number of rotatable bonds is 8. The van der Waals surface area contributed by atoms with E-state index in [1.807, 2.05) is 91.9 Å². The topological polar surface area (TPSA) is 64.5 Å². The molecule has 56 heavy (non-hydrogen) atoms. The molecule has 0 atom stereocenters. The van der Waals surface area contributed by atoms with Gasteiger partial charge in [0.1, 0.15) is 0 Å². The van der Waals surface area contributed by atoms with E-state index in [0.29, 0.717) is 5.82 Å². The highest BCUT2D eigenvalue weighted by molar-refractivity contribution is 5.88. The number of aromatic nitrogens is 5. The fraction of sp³-hybridized carbons (Fsp3) is 0.0392. The zero-order valence-electron chi connectivity index (χ0n) is 31.1. The Bertz CT molecular complexity index is 2730. The fourth-order valence-corrected chi connectivity index (χ4v) is 7.13. The van der Waals surface area contributed by atoms with E-state index < -0.39 is 0 Å². The van der Waals surface area contributed by atoms with Crippen LogP contribution in [0.1, 0.15) is 11.4 Å². The van der Waals surface area contributed by atoms with Gasteiger partial charge in [-0.15, -0.1) is 0 Å². The van der Waals surface area contributed by atoms with Crippen LogP contribution in [0.5, 0.6) is 0 Å². The van der Waals surface area contributed by atoms with Gasteiger partial charge in [-0.3, -0.25) is 4.98 Å². The first-order chi connectivity index (χ1) is 27.6. The van der Waals surface area contributed by atoms with Gasteiger partial charge in [-0.2, -0.15) is 0 Å². The number of hydrogen-bond acceptors (Lipinski definition) is 5. The molecule has 9 rings (SSSR count). The molecule has 5 heteroatoms. The molecule has 3 aromatic heterocycles. The second-order valence-electron chi connectivity index (χ2n) is 13.8. The van der Waals surface area contributed by atoms with E-state index in [9.17, 15) is 0 Å². The van der Waals surface area contributed by atoms with E-state index in [-0.39, 0.29) is 0 Å². The number of pyridine rings is 1. The normalized spacial score (nSPS) is 11.0. The Balaban J connectivity index is 1.24. The number of hydrogen-bond donors (Lipinski definition) is 0. The molecule has 0 aliphatic carbocycles.